The van der Waals surface area contributed by atoms with Crippen molar-refractivity contribution in [3.05, 3.63) is 0 Å². The highest BCUT2D eigenvalue weighted by atomic mass is 31.2. The number of carbonyl (C=O) groups is 4. The third-order valence-electron chi connectivity index (χ3n) is 18.0. The van der Waals surface area contributed by atoms with E-state index in [1.54, 1.807) is 0 Å². The van der Waals surface area contributed by atoms with Gasteiger partial charge in [0.2, 0.25) is 0 Å². The molecule has 0 heterocycles. The zero-order valence-electron chi connectivity index (χ0n) is 62.5. The molecule has 2 unspecified atom stereocenters. The van der Waals surface area contributed by atoms with Crippen molar-refractivity contribution in [1.82, 2.24) is 0 Å². The maximum absolute atomic E-state index is 13.1. The molecule has 0 aromatic carbocycles. The van der Waals surface area contributed by atoms with Crippen LogP contribution in [-0.4, -0.2) is 96.7 Å². The molecule has 19 heteroatoms. The van der Waals surface area contributed by atoms with Crippen molar-refractivity contribution in [2.24, 2.45) is 5.92 Å². The molecule has 0 spiro atoms. The second kappa shape index (κ2) is 70.1. The molecule has 0 saturated carbocycles. The lowest BCUT2D eigenvalue weighted by Gasteiger charge is -2.21. The monoisotopic (exact) mass is 1410 g/mol. The molecular formula is C77H150O17P2. The summed E-state index contributed by atoms with van der Waals surface area (Å²) in [6, 6.07) is 0. The molecule has 0 aromatic rings. The number of hydrogen-bond acceptors (Lipinski definition) is 15. The second-order valence-electron chi connectivity index (χ2n) is 28.2. The van der Waals surface area contributed by atoms with Gasteiger partial charge in [0.1, 0.15) is 19.3 Å². The van der Waals surface area contributed by atoms with Crippen molar-refractivity contribution in [1.29, 1.82) is 0 Å². The Balaban J connectivity index is 5.15. The van der Waals surface area contributed by atoms with Gasteiger partial charge in [-0.15, -0.1) is 0 Å². The highest BCUT2D eigenvalue weighted by molar-refractivity contribution is 7.47. The molecule has 0 aliphatic heterocycles. The number of phosphoric ester groups is 2. The second-order valence-corrected chi connectivity index (χ2v) is 31.1. The van der Waals surface area contributed by atoms with Gasteiger partial charge in [0.15, 0.2) is 12.2 Å². The van der Waals surface area contributed by atoms with Crippen LogP contribution in [0.4, 0.5) is 0 Å². The third-order valence-corrected chi connectivity index (χ3v) is 19.9. The minimum atomic E-state index is -4.96. The van der Waals surface area contributed by atoms with Gasteiger partial charge in [-0.3, -0.25) is 37.3 Å². The minimum absolute atomic E-state index is 0.106. The predicted molar refractivity (Wildman–Crippen MR) is 391 cm³/mol. The fourth-order valence-electron chi connectivity index (χ4n) is 11.9. The lowest BCUT2D eigenvalue weighted by atomic mass is 10.0. The van der Waals surface area contributed by atoms with Gasteiger partial charge in [0.25, 0.3) is 0 Å². The summed E-state index contributed by atoms with van der Waals surface area (Å²) in [5.41, 5.74) is 0. The van der Waals surface area contributed by atoms with Crippen molar-refractivity contribution in [2.75, 3.05) is 39.6 Å². The summed E-state index contributed by atoms with van der Waals surface area (Å²) in [6.07, 6.45) is 60.0. The first-order chi connectivity index (χ1) is 46.5. The maximum atomic E-state index is 13.1. The summed E-state index contributed by atoms with van der Waals surface area (Å²) in [4.78, 5) is 72.6. The van der Waals surface area contributed by atoms with Crippen LogP contribution in [-0.2, 0) is 65.4 Å². The molecule has 0 fully saturated rings. The van der Waals surface area contributed by atoms with E-state index in [9.17, 15) is 43.2 Å². The Bertz CT molecular complexity index is 1840. The van der Waals surface area contributed by atoms with E-state index in [4.69, 9.17) is 37.0 Å². The van der Waals surface area contributed by atoms with Crippen LogP contribution in [0.5, 0.6) is 0 Å². The van der Waals surface area contributed by atoms with Crippen molar-refractivity contribution < 1.29 is 80.2 Å². The van der Waals surface area contributed by atoms with Crippen molar-refractivity contribution in [3.63, 3.8) is 0 Å². The average molecular weight is 1410 g/mol. The molecule has 0 amide bonds. The highest BCUT2D eigenvalue weighted by Gasteiger charge is 2.30. The predicted octanol–water partition coefficient (Wildman–Crippen LogP) is 22.9. The van der Waals surface area contributed by atoms with E-state index in [0.29, 0.717) is 25.7 Å². The van der Waals surface area contributed by atoms with Crippen LogP contribution < -0.4 is 0 Å². The van der Waals surface area contributed by atoms with Gasteiger partial charge in [0, 0.05) is 25.7 Å². The Hall–Kier alpha value is -1.94. The molecule has 0 aromatic heterocycles. The van der Waals surface area contributed by atoms with Crippen LogP contribution in [0.2, 0.25) is 0 Å². The van der Waals surface area contributed by atoms with E-state index in [1.165, 1.54) is 218 Å². The molecule has 5 atom stereocenters. The number of rotatable bonds is 77. The first-order valence-electron chi connectivity index (χ1n) is 40.1. The fourth-order valence-corrected chi connectivity index (χ4v) is 13.5. The lowest BCUT2D eigenvalue weighted by molar-refractivity contribution is -0.161. The average Bonchev–Trinajstić information content (AvgIpc) is 1.41. The Morgan fingerprint density at radius 3 is 0.708 bits per heavy atom. The van der Waals surface area contributed by atoms with Crippen LogP contribution in [0.25, 0.3) is 0 Å². The van der Waals surface area contributed by atoms with E-state index >= 15 is 0 Å². The van der Waals surface area contributed by atoms with Crippen LogP contribution in [0.3, 0.4) is 0 Å². The van der Waals surface area contributed by atoms with Crippen molar-refractivity contribution in [3.8, 4) is 0 Å². The molecule has 96 heavy (non-hydrogen) atoms. The minimum Gasteiger partial charge on any atom is -0.462 e. The Labute approximate surface area is 588 Å². The maximum Gasteiger partial charge on any atom is 0.472 e. The number of hydrogen-bond donors (Lipinski definition) is 3. The number of unbranched alkanes of at least 4 members (excludes halogenated alkanes) is 49. The molecule has 0 rings (SSSR count). The van der Waals surface area contributed by atoms with Gasteiger partial charge >= 0.3 is 39.5 Å². The summed E-state index contributed by atoms with van der Waals surface area (Å²) in [5.74, 6) is -1.31. The number of aliphatic hydroxyl groups is 1. The van der Waals surface area contributed by atoms with Crippen LogP contribution in [0.15, 0.2) is 0 Å². The van der Waals surface area contributed by atoms with Gasteiger partial charge in [-0.25, -0.2) is 9.13 Å². The van der Waals surface area contributed by atoms with Gasteiger partial charge in [0.05, 0.1) is 26.4 Å². The first kappa shape index (κ1) is 94.1. The summed E-state index contributed by atoms with van der Waals surface area (Å²) < 4.78 is 68.4. The molecule has 17 nitrogen and oxygen atoms in total. The summed E-state index contributed by atoms with van der Waals surface area (Å²) in [5, 5.41) is 10.6. The molecule has 570 valence electrons. The molecular weight excluding hydrogens is 1260 g/mol. The largest absolute Gasteiger partial charge is 0.472 e. The molecule has 3 N–H and O–H groups in total. The van der Waals surface area contributed by atoms with Gasteiger partial charge in [-0.2, -0.15) is 0 Å². The highest BCUT2D eigenvalue weighted by Crippen LogP contribution is 2.45. The van der Waals surface area contributed by atoms with E-state index < -0.39 is 97.5 Å². The fraction of sp³-hybridized carbons (Fsp3) is 0.948. The Morgan fingerprint density at radius 2 is 0.479 bits per heavy atom. The number of carbonyl (C=O) groups excluding carboxylic acids is 4. The van der Waals surface area contributed by atoms with Crippen LogP contribution in [0, 0.1) is 5.92 Å². The number of ether oxygens (including phenoxy) is 4. The lowest BCUT2D eigenvalue weighted by Crippen LogP contribution is -2.30. The van der Waals surface area contributed by atoms with E-state index in [2.05, 4.69) is 34.6 Å². The molecule has 0 aliphatic carbocycles. The van der Waals surface area contributed by atoms with Gasteiger partial charge < -0.3 is 33.8 Å². The van der Waals surface area contributed by atoms with Crippen LogP contribution >= 0.6 is 15.6 Å². The normalized spacial score (nSPS) is 13.9. The molecule has 0 aliphatic rings. The standard InChI is InChI=1S/C77H150O17P2/c1-6-9-12-15-18-20-22-23-24-25-26-27-28-29-32-36-39-43-48-53-58-63-77(82)94-73(67-88-75(80)61-56-51-46-42-38-35-33-30-31-34-37-40-45-49-54-59-70(4)5)69-92-96(85,86)90-65-71(78)64-89-95(83,84)91-68-72(66-87-74(79)60-55-50-44-17-14-11-8-3)93-76(81)62-57-52-47-41-21-19-16-13-10-7-2/h70-73,78H,6-69H2,1-5H3,(H,83,84)(H,85,86)/t71-,72+,73+/m0/s1. The number of esters is 4. The van der Waals surface area contributed by atoms with Gasteiger partial charge in [-0.1, -0.05) is 356 Å². The third kappa shape index (κ3) is 70.5. The van der Waals surface area contributed by atoms with E-state index in [1.807, 2.05) is 0 Å². The molecule has 0 saturated heterocycles. The summed E-state index contributed by atoms with van der Waals surface area (Å²) >= 11 is 0. The molecule has 0 radical (unpaired) electrons. The van der Waals surface area contributed by atoms with E-state index in [-0.39, 0.29) is 25.7 Å². The quantitative estimate of drug-likeness (QED) is 0.0222. The van der Waals surface area contributed by atoms with Crippen molar-refractivity contribution in [2.45, 2.75) is 425 Å². The number of phosphoric acid groups is 2. The topological polar surface area (TPSA) is 237 Å². The van der Waals surface area contributed by atoms with Crippen molar-refractivity contribution >= 4 is 39.5 Å². The van der Waals surface area contributed by atoms with Gasteiger partial charge in [-0.05, 0) is 31.6 Å². The van der Waals surface area contributed by atoms with Crippen LogP contribution in [0.1, 0.15) is 407 Å². The zero-order valence-corrected chi connectivity index (χ0v) is 64.3. The Morgan fingerprint density at radius 1 is 0.281 bits per heavy atom. The number of aliphatic hydroxyl groups excluding tert-OH is 1. The smallest absolute Gasteiger partial charge is 0.462 e. The Kier molecular flexibility index (Phi) is 68.7. The first-order valence-corrected chi connectivity index (χ1v) is 43.1. The summed E-state index contributed by atoms with van der Waals surface area (Å²) in [7, 11) is -9.90. The zero-order chi connectivity index (χ0) is 70.5. The summed E-state index contributed by atoms with van der Waals surface area (Å²) in [6.45, 7) is 7.27. The SMILES string of the molecule is CCCCCCCCCCCCCCCCCCCCCCCC(=O)O[C@H](COC(=O)CCCCCCCCCCCCCCCCCC(C)C)COP(=O)(O)OC[C@@H](O)COP(=O)(O)OC[C@@H](COC(=O)CCCCCCCCC)OC(=O)CCCCCCCCCCCC. The van der Waals surface area contributed by atoms with E-state index in [0.717, 1.165) is 109 Å². The molecule has 0 bridgehead atoms.